The van der Waals surface area contributed by atoms with Crippen LogP contribution in [0, 0.1) is 32.1 Å². The van der Waals surface area contributed by atoms with Gasteiger partial charge in [0.2, 0.25) is 0 Å². The Hall–Kier alpha value is -3.60. The van der Waals surface area contributed by atoms with Crippen molar-refractivity contribution >= 4 is 5.65 Å². The number of hydrogen-bond donors (Lipinski definition) is 0. The first-order valence-electron chi connectivity index (χ1n) is 9.18. The number of aromatic nitrogens is 7. The van der Waals surface area contributed by atoms with Crippen LogP contribution in [0.1, 0.15) is 52.8 Å². The second kappa shape index (κ2) is 5.96. The number of nitriles is 1. The van der Waals surface area contributed by atoms with Crippen LogP contribution < -0.4 is 0 Å². The van der Waals surface area contributed by atoms with Crippen LogP contribution in [-0.4, -0.2) is 34.1 Å². The van der Waals surface area contributed by atoms with E-state index in [2.05, 4.69) is 26.1 Å². The van der Waals surface area contributed by atoms with Crippen LogP contribution in [0.5, 0.6) is 0 Å². The molecular formula is C20H18N8. The third-order valence-electron chi connectivity index (χ3n) is 5.12. The predicted octanol–water partition coefficient (Wildman–Crippen LogP) is 2.77. The third kappa shape index (κ3) is 2.55. The Bertz CT molecular complexity index is 1260. The van der Waals surface area contributed by atoms with E-state index in [-0.39, 0.29) is 11.8 Å². The largest absolute Gasteiger partial charge is 0.291 e. The van der Waals surface area contributed by atoms with Gasteiger partial charge in [-0.05, 0) is 39.3 Å². The highest BCUT2D eigenvalue weighted by atomic mass is 15.4. The summed E-state index contributed by atoms with van der Waals surface area (Å²) in [5, 5.41) is 14.1. The molecule has 0 amide bonds. The molecule has 0 aliphatic heterocycles. The Morgan fingerprint density at radius 1 is 1.04 bits per heavy atom. The van der Waals surface area contributed by atoms with Gasteiger partial charge < -0.3 is 0 Å². The van der Waals surface area contributed by atoms with E-state index in [1.807, 2.05) is 55.6 Å². The van der Waals surface area contributed by atoms with Gasteiger partial charge in [0.1, 0.15) is 34.9 Å². The molecule has 8 nitrogen and oxygen atoms in total. The van der Waals surface area contributed by atoms with Crippen LogP contribution in [0.2, 0.25) is 0 Å². The van der Waals surface area contributed by atoms with Crippen LogP contribution >= 0.6 is 0 Å². The average molecular weight is 370 g/mol. The SMILES string of the molecule is Cc1nc(C2CC2c2nc3ccccn3c2C#N)cc(-n2nc(C)nc2C)n1. The van der Waals surface area contributed by atoms with E-state index in [0.29, 0.717) is 17.3 Å². The Morgan fingerprint density at radius 3 is 2.64 bits per heavy atom. The van der Waals surface area contributed by atoms with Gasteiger partial charge in [0.05, 0.1) is 11.4 Å². The van der Waals surface area contributed by atoms with E-state index in [0.717, 1.165) is 35.1 Å². The summed E-state index contributed by atoms with van der Waals surface area (Å²) in [6, 6.07) is 10.0. The molecule has 1 fully saturated rings. The predicted molar refractivity (Wildman–Crippen MR) is 101 cm³/mol. The van der Waals surface area contributed by atoms with Crippen molar-refractivity contribution in [2.24, 2.45) is 0 Å². The van der Waals surface area contributed by atoms with Crippen molar-refractivity contribution in [2.45, 2.75) is 39.0 Å². The molecule has 4 aromatic rings. The fraction of sp³-hybridized carbons (Fsp3) is 0.300. The van der Waals surface area contributed by atoms with Gasteiger partial charge in [-0.15, -0.1) is 5.10 Å². The normalized spacial score (nSPS) is 18.4. The summed E-state index contributed by atoms with van der Waals surface area (Å²) in [5.41, 5.74) is 3.22. The molecule has 0 saturated heterocycles. The molecule has 1 saturated carbocycles. The molecule has 4 aromatic heterocycles. The molecule has 0 radical (unpaired) electrons. The maximum Gasteiger partial charge on any atom is 0.159 e. The molecule has 1 aliphatic carbocycles. The summed E-state index contributed by atoms with van der Waals surface area (Å²) in [6.07, 6.45) is 2.80. The first-order chi connectivity index (χ1) is 13.5. The van der Waals surface area contributed by atoms with Crippen LogP contribution in [0.4, 0.5) is 0 Å². The Labute approximate surface area is 161 Å². The van der Waals surface area contributed by atoms with Crippen molar-refractivity contribution in [3.05, 3.63) is 65.0 Å². The third-order valence-corrected chi connectivity index (χ3v) is 5.12. The van der Waals surface area contributed by atoms with Gasteiger partial charge in [0, 0.05) is 24.1 Å². The second-order valence-electron chi connectivity index (χ2n) is 7.15. The van der Waals surface area contributed by atoms with E-state index < -0.39 is 0 Å². The molecule has 2 unspecified atom stereocenters. The van der Waals surface area contributed by atoms with E-state index in [1.165, 1.54) is 0 Å². The molecule has 8 heteroatoms. The van der Waals surface area contributed by atoms with Gasteiger partial charge in [-0.3, -0.25) is 4.40 Å². The molecule has 2 atom stereocenters. The van der Waals surface area contributed by atoms with Crippen molar-refractivity contribution in [3.63, 3.8) is 0 Å². The van der Waals surface area contributed by atoms with Crippen LogP contribution in [0.3, 0.4) is 0 Å². The van der Waals surface area contributed by atoms with Crippen molar-refractivity contribution in [2.75, 3.05) is 0 Å². The van der Waals surface area contributed by atoms with Gasteiger partial charge in [0.25, 0.3) is 0 Å². The lowest BCUT2D eigenvalue weighted by Crippen LogP contribution is -2.06. The zero-order chi connectivity index (χ0) is 19.4. The summed E-state index contributed by atoms with van der Waals surface area (Å²) in [4.78, 5) is 18.3. The maximum atomic E-state index is 9.65. The van der Waals surface area contributed by atoms with E-state index in [9.17, 15) is 5.26 Å². The lowest BCUT2D eigenvalue weighted by molar-refractivity contribution is 0.777. The zero-order valence-corrected chi connectivity index (χ0v) is 15.8. The monoisotopic (exact) mass is 370 g/mol. The fourth-order valence-corrected chi connectivity index (χ4v) is 3.82. The first-order valence-corrected chi connectivity index (χ1v) is 9.18. The van der Waals surface area contributed by atoms with Crippen LogP contribution in [0.15, 0.2) is 30.5 Å². The number of hydrogen-bond acceptors (Lipinski definition) is 6. The molecule has 0 N–H and O–H groups in total. The van der Waals surface area contributed by atoms with Gasteiger partial charge in [-0.2, -0.15) is 9.94 Å². The first kappa shape index (κ1) is 16.6. The maximum absolute atomic E-state index is 9.65. The van der Waals surface area contributed by atoms with Crippen molar-refractivity contribution in [3.8, 4) is 11.9 Å². The standard InChI is InChI=1S/C20H18N8/c1-11-23-16(9-19(24-11)28-13(3)22-12(2)26-28)14-8-15(14)20-17(10-21)27-7-5-4-6-18(27)25-20/h4-7,9,14-15H,8H2,1-3H3. The number of rotatable bonds is 3. The van der Waals surface area contributed by atoms with Crippen molar-refractivity contribution in [1.82, 2.24) is 34.1 Å². The zero-order valence-electron chi connectivity index (χ0n) is 15.8. The summed E-state index contributed by atoms with van der Waals surface area (Å²) in [6.45, 7) is 5.66. The van der Waals surface area contributed by atoms with Crippen LogP contribution in [-0.2, 0) is 0 Å². The quantitative estimate of drug-likeness (QED) is 0.550. The number of fused-ring (bicyclic) bond motifs is 1. The Balaban J connectivity index is 1.53. The number of nitrogens with zero attached hydrogens (tertiary/aromatic N) is 8. The highest BCUT2D eigenvalue weighted by Crippen LogP contribution is 2.54. The highest BCUT2D eigenvalue weighted by Gasteiger charge is 2.44. The van der Waals surface area contributed by atoms with E-state index in [1.54, 1.807) is 4.68 Å². The molecule has 4 heterocycles. The smallest absolute Gasteiger partial charge is 0.159 e. The number of imidazole rings is 1. The van der Waals surface area contributed by atoms with Crippen molar-refractivity contribution < 1.29 is 0 Å². The fourth-order valence-electron chi connectivity index (χ4n) is 3.82. The molecule has 28 heavy (non-hydrogen) atoms. The molecule has 0 aromatic carbocycles. The minimum absolute atomic E-state index is 0.190. The van der Waals surface area contributed by atoms with E-state index >= 15 is 0 Å². The lowest BCUT2D eigenvalue weighted by atomic mass is 10.1. The Morgan fingerprint density at radius 2 is 1.89 bits per heavy atom. The molecule has 0 spiro atoms. The summed E-state index contributed by atoms with van der Waals surface area (Å²) in [7, 11) is 0. The minimum atomic E-state index is 0.190. The minimum Gasteiger partial charge on any atom is -0.291 e. The molecule has 1 aliphatic rings. The van der Waals surface area contributed by atoms with Crippen molar-refractivity contribution in [1.29, 1.82) is 5.26 Å². The number of aryl methyl sites for hydroxylation is 3. The topological polar surface area (TPSA) is 97.6 Å². The highest BCUT2D eigenvalue weighted by molar-refractivity contribution is 5.50. The van der Waals surface area contributed by atoms with E-state index in [4.69, 9.17) is 4.98 Å². The molecule has 5 rings (SSSR count). The summed E-state index contributed by atoms with van der Waals surface area (Å²) >= 11 is 0. The number of pyridine rings is 1. The van der Waals surface area contributed by atoms with Gasteiger partial charge in [-0.25, -0.2) is 19.9 Å². The summed E-state index contributed by atoms with van der Waals surface area (Å²) < 4.78 is 3.60. The average Bonchev–Trinajstić information content (AvgIpc) is 3.28. The van der Waals surface area contributed by atoms with Gasteiger partial charge >= 0.3 is 0 Å². The second-order valence-corrected chi connectivity index (χ2v) is 7.15. The molecular weight excluding hydrogens is 352 g/mol. The van der Waals surface area contributed by atoms with Crippen LogP contribution in [0.25, 0.3) is 11.5 Å². The summed E-state index contributed by atoms with van der Waals surface area (Å²) in [5.74, 6) is 3.34. The lowest BCUT2D eigenvalue weighted by Gasteiger charge is -2.06. The molecule has 138 valence electrons. The molecule has 0 bridgehead atoms. The van der Waals surface area contributed by atoms with Gasteiger partial charge in [0.15, 0.2) is 5.82 Å². The van der Waals surface area contributed by atoms with Gasteiger partial charge in [-0.1, -0.05) is 6.07 Å². The Kier molecular flexibility index (Phi) is 3.52.